The minimum absolute atomic E-state index is 0.628. The molecular weight excluding hydrogens is 302 g/mol. The fourth-order valence-electron chi connectivity index (χ4n) is 3.00. The molecule has 0 unspecified atom stereocenters. The molecule has 114 valence electrons. The van der Waals surface area contributed by atoms with Crippen molar-refractivity contribution < 1.29 is 0 Å². The SMILES string of the molecule is Cc1cccc2nc(CCCl)n(CCN3CCSCC3)c12. The number of fused-ring (bicyclic) bond motifs is 1. The fourth-order valence-corrected chi connectivity index (χ4v) is 4.14. The molecule has 0 saturated carbocycles. The zero-order chi connectivity index (χ0) is 14.7. The Labute approximate surface area is 135 Å². The molecule has 2 aromatic rings. The van der Waals surface area contributed by atoms with Gasteiger partial charge < -0.3 is 4.57 Å². The zero-order valence-corrected chi connectivity index (χ0v) is 14.1. The van der Waals surface area contributed by atoms with E-state index in [9.17, 15) is 0 Å². The number of aryl methyl sites for hydroxylation is 2. The van der Waals surface area contributed by atoms with Crippen molar-refractivity contribution >= 4 is 34.4 Å². The Hall–Kier alpha value is -0.710. The Bertz CT molecular complexity index is 605. The van der Waals surface area contributed by atoms with Gasteiger partial charge in [-0.25, -0.2) is 4.98 Å². The summed E-state index contributed by atoms with van der Waals surface area (Å²) in [5.74, 6) is 4.28. The highest BCUT2D eigenvalue weighted by Crippen LogP contribution is 2.21. The van der Waals surface area contributed by atoms with E-state index >= 15 is 0 Å². The number of nitrogens with zero attached hydrogens (tertiary/aromatic N) is 3. The lowest BCUT2D eigenvalue weighted by atomic mass is 10.2. The van der Waals surface area contributed by atoms with Gasteiger partial charge in [0, 0.05) is 50.0 Å². The summed E-state index contributed by atoms with van der Waals surface area (Å²) >= 11 is 8.02. The van der Waals surface area contributed by atoms with E-state index in [-0.39, 0.29) is 0 Å². The molecule has 0 amide bonds. The van der Waals surface area contributed by atoms with Crippen molar-refractivity contribution in [1.29, 1.82) is 0 Å². The highest BCUT2D eigenvalue weighted by Gasteiger charge is 2.15. The molecule has 3 nitrogen and oxygen atoms in total. The standard InChI is InChI=1S/C16H22ClN3S/c1-13-3-2-4-14-16(13)20(15(18-14)5-6-17)8-7-19-9-11-21-12-10-19/h2-4H,5-12H2,1H3. The topological polar surface area (TPSA) is 21.1 Å². The van der Waals surface area contributed by atoms with Gasteiger partial charge in [-0.05, 0) is 18.6 Å². The number of hydrogen-bond donors (Lipinski definition) is 0. The van der Waals surface area contributed by atoms with Crippen LogP contribution in [-0.4, -0.2) is 51.5 Å². The summed E-state index contributed by atoms with van der Waals surface area (Å²) in [6.45, 7) is 6.71. The number of hydrogen-bond acceptors (Lipinski definition) is 3. The molecule has 1 aliphatic heterocycles. The molecule has 21 heavy (non-hydrogen) atoms. The lowest BCUT2D eigenvalue weighted by Gasteiger charge is -2.26. The van der Waals surface area contributed by atoms with E-state index in [1.165, 1.54) is 35.7 Å². The third-order valence-electron chi connectivity index (χ3n) is 4.11. The minimum atomic E-state index is 0.628. The summed E-state index contributed by atoms with van der Waals surface area (Å²) in [5.41, 5.74) is 3.68. The second-order valence-corrected chi connectivity index (χ2v) is 7.12. The highest BCUT2D eigenvalue weighted by atomic mass is 35.5. The van der Waals surface area contributed by atoms with E-state index in [1.807, 2.05) is 0 Å². The van der Waals surface area contributed by atoms with Gasteiger partial charge in [0.25, 0.3) is 0 Å². The highest BCUT2D eigenvalue weighted by molar-refractivity contribution is 7.99. The van der Waals surface area contributed by atoms with Gasteiger partial charge in [-0.3, -0.25) is 4.90 Å². The summed E-state index contributed by atoms with van der Waals surface area (Å²) in [6, 6.07) is 6.36. The number of thioether (sulfide) groups is 1. The van der Waals surface area contributed by atoms with Gasteiger partial charge in [-0.15, -0.1) is 11.6 Å². The number of benzene rings is 1. The van der Waals surface area contributed by atoms with Crippen LogP contribution in [0.3, 0.4) is 0 Å². The lowest BCUT2D eigenvalue weighted by Crippen LogP contribution is -2.35. The van der Waals surface area contributed by atoms with Crippen LogP contribution >= 0.6 is 23.4 Å². The quantitative estimate of drug-likeness (QED) is 0.789. The number of imidazole rings is 1. The second-order valence-electron chi connectivity index (χ2n) is 5.52. The molecule has 0 N–H and O–H groups in total. The second kappa shape index (κ2) is 7.03. The van der Waals surface area contributed by atoms with Crippen LogP contribution in [0.1, 0.15) is 11.4 Å². The molecule has 3 rings (SSSR count). The predicted molar refractivity (Wildman–Crippen MR) is 92.7 cm³/mol. The van der Waals surface area contributed by atoms with Gasteiger partial charge in [0.2, 0.25) is 0 Å². The lowest BCUT2D eigenvalue weighted by molar-refractivity contribution is 0.289. The van der Waals surface area contributed by atoms with Crippen molar-refractivity contribution in [3.8, 4) is 0 Å². The van der Waals surface area contributed by atoms with Gasteiger partial charge in [-0.2, -0.15) is 11.8 Å². The van der Waals surface area contributed by atoms with Crippen molar-refractivity contribution in [2.75, 3.05) is 37.0 Å². The van der Waals surface area contributed by atoms with Crippen molar-refractivity contribution in [2.24, 2.45) is 0 Å². The molecule has 0 bridgehead atoms. The molecule has 5 heteroatoms. The molecule has 2 heterocycles. The minimum Gasteiger partial charge on any atom is -0.326 e. The normalized spacial score (nSPS) is 16.7. The predicted octanol–water partition coefficient (Wildman–Crippen LogP) is 3.17. The molecule has 1 aromatic carbocycles. The van der Waals surface area contributed by atoms with Crippen LogP contribution in [0.15, 0.2) is 18.2 Å². The molecule has 0 atom stereocenters. The Morgan fingerprint density at radius 3 is 2.81 bits per heavy atom. The maximum atomic E-state index is 5.96. The number of rotatable bonds is 5. The number of alkyl halides is 1. The van der Waals surface area contributed by atoms with Crippen LogP contribution in [0.2, 0.25) is 0 Å². The van der Waals surface area contributed by atoms with Crippen molar-refractivity contribution in [2.45, 2.75) is 19.9 Å². The molecule has 1 saturated heterocycles. The summed E-state index contributed by atoms with van der Waals surface area (Å²) in [7, 11) is 0. The van der Waals surface area contributed by atoms with E-state index < -0.39 is 0 Å². The average molecular weight is 324 g/mol. The van der Waals surface area contributed by atoms with Crippen LogP contribution in [0.4, 0.5) is 0 Å². The molecule has 1 aliphatic rings. The maximum Gasteiger partial charge on any atom is 0.111 e. The third kappa shape index (κ3) is 3.38. The van der Waals surface area contributed by atoms with E-state index in [4.69, 9.17) is 16.6 Å². The Morgan fingerprint density at radius 2 is 2.05 bits per heavy atom. The first-order valence-corrected chi connectivity index (χ1v) is 9.29. The van der Waals surface area contributed by atoms with Crippen molar-refractivity contribution in [3.05, 3.63) is 29.6 Å². The Morgan fingerprint density at radius 1 is 1.24 bits per heavy atom. The van der Waals surface area contributed by atoms with E-state index in [0.29, 0.717) is 5.88 Å². The number of halogens is 1. The van der Waals surface area contributed by atoms with Gasteiger partial charge in [0.05, 0.1) is 11.0 Å². The van der Waals surface area contributed by atoms with Crippen LogP contribution in [0, 0.1) is 6.92 Å². The van der Waals surface area contributed by atoms with Crippen molar-refractivity contribution in [1.82, 2.24) is 14.5 Å². The van der Waals surface area contributed by atoms with Crippen LogP contribution in [0.25, 0.3) is 11.0 Å². The molecule has 0 aliphatic carbocycles. The number of para-hydroxylation sites is 1. The Balaban J connectivity index is 1.85. The monoisotopic (exact) mass is 323 g/mol. The largest absolute Gasteiger partial charge is 0.326 e. The number of aromatic nitrogens is 2. The summed E-state index contributed by atoms with van der Waals surface area (Å²) in [6.07, 6.45) is 0.839. The fraction of sp³-hybridized carbons (Fsp3) is 0.562. The van der Waals surface area contributed by atoms with E-state index in [2.05, 4.69) is 46.4 Å². The molecule has 1 fully saturated rings. The average Bonchev–Trinajstić information content (AvgIpc) is 2.85. The first-order chi connectivity index (χ1) is 10.3. The van der Waals surface area contributed by atoms with Crippen molar-refractivity contribution in [3.63, 3.8) is 0 Å². The van der Waals surface area contributed by atoms with Crippen LogP contribution in [-0.2, 0) is 13.0 Å². The van der Waals surface area contributed by atoms with Crippen LogP contribution < -0.4 is 0 Å². The summed E-state index contributed by atoms with van der Waals surface area (Å²) in [5, 5.41) is 0. The molecule has 1 aromatic heterocycles. The smallest absolute Gasteiger partial charge is 0.111 e. The van der Waals surface area contributed by atoms with Gasteiger partial charge in [0.1, 0.15) is 5.82 Å². The summed E-state index contributed by atoms with van der Waals surface area (Å²) in [4.78, 5) is 7.34. The van der Waals surface area contributed by atoms with Gasteiger partial charge in [0.15, 0.2) is 0 Å². The molecule has 0 spiro atoms. The Kier molecular flexibility index (Phi) is 5.09. The van der Waals surface area contributed by atoms with Crippen LogP contribution in [0.5, 0.6) is 0 Å². The van der Waals surface area contributed by atoms with E-state index in [0.717, 1.165) is 30.9 Å². The summed E-state index contributed by atoms with van der Waals surface area (Å²) < 4.78 is 2.38. The molecular formula is C16H22ClN3S. The maximum absolute atomic E-state index is 5.96. The third-order valence-corrected chi connectivity index (χ3v) is 5.24. The van der Waals surface area contributed by atoms with E-state index in [1.54, 1.807) is 0 Å². The first kappa shape index (κ1) is 15.2. The van der Waals surface area contributed by atoms with Gasteiger partial charge >= 0.3 is 0 Å². The first-order valence-electron chi connectivity index (χ1n) is 7.60. The van der Waals surface area contributed by atoms with Gasteiger partial charge in [-0.1, -0.05) is 12.1 Å². The molecule has 0 radical (unpaired) electrons. The zero-order valence-electron chi connectivity index (χ0n) is 12.5.